The largest absolute Gasteiger partial charge is 0.338 e. The van der Waals surface area contributed by atoms with E-state index in [4.69, 9.17) is 4.98 Å². The van der Waals surface area contributed by atoms with Gasteiger partial charge in [-0.25, -0.2) is 4.98 Å². The number of aromatic nitrogens is 2. The summed E-state index contributed by atoms with van der Waals surface area (Å²) >= 11 is 7.10. The van der Waals surface area contributed by atoms with Gasteiger partial charge in [-0.2, -0.15) is 0 Å². The van der Waals surface area contributed by atoms with Crippen LogP contribution in [0.4, 0.5) is 17.1 Å². The molecule has 146 valence electrons. The molecule has 0 radical (unpaired) electrons. The summed E-state index contributed by atoms with van der Waals surface area (Å²) in [6.45, 7) is 0. The van der Waals surface area contributed by atoms with E-state index in [1.165, 1.54) is 0 Å². The third-order valence-electron chi connectivity index (χ3n) is 4.96. The number of para-hydroxylation sites is 3. The Morgan fingerprint density at radius 1 is 0.633 bits per heavy atom. The highest BCUT2D eigenvalue weighted by Gasteiger charge is 2.18. The van der Waals surface area contributed by atoms with Crippen LogP contribution in [0.3, 0.4) is 0 Å². The third kappa shape index (κ3) is 3.66. The van der Waals surface area contributed by atoms with Gasteiger partial charge >= 0.3 is 0 Å². The molecule has 0 bridgehead atoms. The molecule has 0 aliphatic carbocycles. The van der Waals surface area contributed by atoms with Gasteiger partial charge in [-0.3, -0.25) is 0 Å². The number of nitrogens with zero attached hydrogens (tertiary/aromatic N) is 2. The first-order valence-corrected chi connectivity index (χ1v) is 11.1. The van der Waals surface area contributed by atoms with E-state index < -0.39 is 0 Å². The molecular weight excluding hydrogens is 502 g/mol. The number of fused-ring (bicyclic) bond motifs is 1. The Labute approximate surface area is 191 Å². The molecule has 0 aliphatic rings. The molecule has 0 spiro atoms. The van der Waals surface area contributed by atoms with Crippen molar-refractivity contribution in [1.82, 2.24) is 9.97 Å². The molecule has 3 nitrogen and oxygen atoms in total. The van der Waals surface area contributed by atoms with Crippen LogP contribution < -0.4 is 4.90 Å². The van der Waals surface area contributed by atoms with Crippen molar-refractivity contribution in [3.05, 3.63) is 106 Å². The molecule has 0 aliphatic heterocycles. The highest BCUT2D eigenvalue weighted by Crippen LogP contribution is 2.40. The standard InChI is InChI=1S/C25H17Br2N3/c26-17-9-13-19(14-10-17)30(20-15-11-18(27)12-16-20)24-8-4-1-5-21(24)25-28-22-6-2-3-7-23(22)29-25/h1-16H,(H,28,29). The number of aromatic amines is 1. The summed E-state index contributed by atoms with van der Waals surface area (Å²) in [6.07, 6.45) is 0. The van der Waals surface area contributed by atoms with Crippen molar-refractivity contribution in [2.45, 2.75) is 0 Å². The lowest BCUT2D eigenvalue weighted by Crippen LogP contribution is -2.11. The van der Waals surface area contributed by atoms with Crippen LogP contribution in [0.15, 0.2) is 106 Å². The van der Waals surface area contributed by atoms with Gasteiger partial charge < -0.3 is 9.88 Å². The second kappa shape index (κ2) is 8.09. The Balaban J connectivity index is 1.71. The summed E-state index contributed by atoms with van der Waals surface area (Å²) in [7, 11) is 0. The Morgan fingerprint density at radius 2 is 1.20 bits per heavy atom. The monoisotopic (exact) mass is 517 g/mol. The molecule has 1 aromatic heterocycles. The summed E-state index contributed by atoms with van der Waals surface area (Å²) < 4.78 is 2.10. The molecule has 1 heterocycles. The number of hydrogen-bond acceptors (Lipinski definition) is 2. The first kappa shape index (κ1) is 19.1. The van der Waals surface area contributed by atoms with E-state index >= 15 is 0 Å². The van der Waals surface area contributed by atoms with Crippen LogP contribution in [0.5, 0.6) is 0 Å². The van der Waals surface area contributed by atoms with Crippen LogP contribution in [0.1, 0.15) is 0 Å². The fraction of sp³-hybridized carbons (Fsp3) is 0. The van der Waals surface area contributed by atoms with Gasteiger partial charge in [0.1, 0.15) is 5.82 Å². The average molecular weight is 519 g/mol. The molecule has 30 heavy (non-hydrogen) atoms. The molecule has 4 aromatic carbocycles. The van der Waals surface area contributed by atoms with Crippen molar-refractivity contribution in [3.63, 3.8) is 0 Å². The quantitative estimate of drug-likeness (QED) is 0.260. The lowest BCUT2D eigenvalue weighted by atomic mass is 10.1. The van der Waals surface area contributed by atoms with Crippen molar-refractivity contribution in [3.8, 4) is 11.4 Å². The van der Waals surface area contributed by atoms with Gasteiger partial charge in [0.05, 0.1) is 16.7 Å². The number of imidazole rings is 1. The minimum absolute atomic E-state index is 0.853. The second-order valence-corrected chi connectivity index (χ2v) is 8.74. The minimum atomic E-state index is 0.853. The van der Waals surface area contributed by atoms with Crippen LogP contribution in [0, 0.1) is 0 Å². The third-order valence-corrected chi connectivity index (χ3v) is 6.02. The van der Waals surface area contributed by atoms with Gasteiger partial charge in [0.2, 0.25) is 0 Å². The minimum Gasteiger partial charge on any atom is -0.338 e. The van der Waals surface area contributed by atoms with Gasteiger partial charge in [0.25, 0.3) is 0 Å². The van der Waals surface area contributed by atoms with E-state index in [-0.39, 0.29) is 0 Å². The number of nitrogens with one attached hydrogen (secondary N) is 1. The normalized spacial score (nSPS) is 11.0. The highest BCUT2D eigenvalue weighted by molar-refractivity contribution is 9.10. The van der Waals surface area contributed by atoms with Gasteiger partial charge in [-0.05, 0) is 72.8 Å². The second-order valence-electron chi connectivity index (χ2n) is 6.91. The van der Waals surface area contributed by atoms with Crippen LogP contribution in [0.25, 0.3) is 22.4 Å². The smallest absolute Gasteiger partial charge is 0.140 e. The summed E-state index contributed by atoms with van der Waals surface area (Å²) in [6, 6.07) is 33.2. The van der Waals surface area contributed by atoms with E-state index in [9.17, 15) is 0 Å². The molecule has 0 amide bonds. The molecule has 0 saturated carbocycles. The Kier molecular flexibility index (Phi) is 5.15. The Bertz CT molecular complexity index is 1230. The lowest BCUT2D eigenvalue weighted by molar-refractivity contribution is 1.25. The SMILES string of the molecule is Brc1ccc(N(c2ccc(Br)cc2)c2ccccc2-c2nc3ccccc3[nH]2)cc1. The van der Waals surface area contributed by atoms with Crippen molar-refractivity contribution in [1.29, 1.82) is 0 Å². The van der Waals surface area contributed by atoms with E-state index in [1.54, 1.807) is 0 Å². The van der Waals surface area contributed by atoms with Gasteiger partial charge in [0, 0.05) is 25.9 Å². The molecule has 5 aromatic rings. The van der Waals surface area contributed by atoms with Crippen molar-refractivity contribution in [2.24, 2.45) is 0 Å². The zero-order valence-electron chi connectivity index (χ0n) is 15.9. The summed E-state index contributed by atoms with van der Waals surface area (Å²) in [5.41, 5.74) is 6.23. The summed E-state index contributed by atoms with van der Waals surface area (Å²) in [5, 5.41) is 0. The van der Waals surface area contributed by atoms with E-state index in [2.05, 4.69) is 115 Å². The van der Waals surface area contributed by atoms with Crippen molar-refractivity contribution >= 4 is 60.0 Å². The van der Waals surface area contributed by atoms with Crippen LogP contribution >= 0.6 is 31.9 Å². The lowest BCUT2D eigenvalue weighted by Gasteiger charge is -2.27. The molecule has 0 saturated heterocycles. The molecule has 0 fully saturated rings. The van der Waals surface area contributed by atoms with Gasteiger partial charge in [-0.15, -0.1) is 0 Å². The average Bonchev–Trinajstić information content (AvgIpc) is 3.21. The summed E-state index contributed by atoms with van der Waals surface area (Å²) in [5.74, 6) is 0.853. The zero-order valence-corrected chi connectivity index (χ0v) is 19.1. The Morgan fingerprint density at radius 3 is 1.83 bits per heavy atom. The fourth-order valence-electron chi connectivity index (χ4n) is 3.56. The number of benzene rings is 4. The van der Waals surface area contributed by atoms with E-state index in [0.717, 1.165) is 48.4 Å². The molecule has 0 unspecified atom stereocenters. The zero-order chi connectivity index (χ0) is 20.5. The number of anilines is 3. The van der Waals surface area contributed by atoms with E-state index in [0.29, 0.717) is 0 Å². The predicted molar refractivity (Wildman–Crippen MR) is 132 cm³/mol. The van der Waals surface area contributed by atoms with Crippen LogP contribution in [-0.2, 0) is 0 Å². The van der Waals surface area contributed by atoms with E-state index in [1.807, 2.05) is 24.3 Å². The maximum absolute atomic E-state index is 4.84. The summed E-state index contributed by atoms with van der Waals surface area (Å²) in [4.78, 5) is 10.6. The number of hydrogen-bond donors (Lipinski definition) is 1. The van der Waals surface area contributed by atoms with Gasteiger partial charge in [0.15, 0.2) is 0 Å². The highest BCUT2D eigenvalue weighted by atomic mass is 79.9. The molecule has 5 rings (SSSR count). The molecule has 0 atom stereocenters. The van der Waals surface area contributed by atoms with Gasteiger partial charge in [-0.1, -0.05) is 56.1 Å². The van der Waals surface area contributed by atoms with Crippen molar-refractivity contribution < 1.29 is 0 Å². The van der Waals surface area contributed by atoms with Crippen LogP contribution in [-0.4, -0.2) is 9.97 Å². The maximum atomic E-state index is 4.84. The first-order valence-electron chi connectivity index (χ1n) is 9.54. The molecule has 1 N–H and O–H groups in total. The predicted octanol–water partition coefficient (Wildman–Crippen LogP) is 8.22. The maximum Gasteiger partial charge on any atom is 0.140 e. The van der Waals surface area contributed by atoms with Crippen LogP contribution in [0.2, 0.25) is 0 Å². The number of rotatable bonds is 4. The molecular formula is C25H17Br2N3. The Hall–Kier alpha value is -2.89. The number of halogens is 2. The topological polar surface area (TPSA) is 31.9 Å². The van der Waals surface area contributed by atoms with Crippen molar-refractivity contribution in [2.75, 3.05) is 4.90 Å². The first-order chi connectivity index (χ1) is 14.7. The fourth-order valence-corrected chi connectivity index (χ4v) is 4.09. The number of H-pyrrole nitrogens is 1. The molecule has 5 heteroatoms.